The average Bonchev–Trinajstić information content (AvgIpc) is 1.84. The molecular formula is C6H10O3S. The van der Waals surface area contributed by atoms with Gasteiger partial charge in [-0.05, 0) is 13.8 Å². The van der Waals surface area contributed by atoms with Gasteiger partial charge in [0.2, 0.25) is 0 Å². The molecule has 0 heterocycles. The van der Waals surface area contributed by atoms with E-state index in [1.54, 1.807) is 13.8 Å². The summed E-state index contributed by atoms with van der Waals surface area (Å²) in [5.74, 6) is 0. The molecule has 0 unspecified atom stereocenters. The lowest BCUT2D eigenvalue weighted by atomic mass is 10.8. The van der Waals surface area contributed by atoms with E-state index in [4.69, 9.17) is 0 Å². The zero-order chi connectivity index (χ0) is 8.04. The van der Waals surface area contributed by atoms with Crippen LogP contribution in [0.5, 0.6) is 0 Å². The van der Waals surface area contributed by atoms with Crippen LogP contribution in [0.3, 0.4) is 0 Å². The van der Waals surface area contributed by atoms with Crippen molar-refractivity contribution in [2.24, 2.45) is 0 Å². The highest BCUT2D eigenvalue weighted by molar-refractivity contribution is 7.89. The Bertz CT molecular complexity index is 223. The first-order valence-electron chi connectivity index (χ1n) is 2.79. The molecular weight excluding hydrogens is 152 g/mol. The van der Waals surface area contributed by atoms with Crippen molar-refractivity contribution in [3.8, 4) is 0 Å². The molecule has 0 atom stereocenters. The first-order chi connectivity index (χ1) is 4.62. The normalized spacial score (nSPS) is 13.0. The first kappa shape index (κ1) is 9.23. The fourth-order valence-electron chi connectivity index (χ4n) is 0.332. The lowest BCUT2D eigenvalue weighted by molar-refractivity contribution is 0.452. The third-order valence-corrected chi connectivity index (χ3v) is 1.61. The molecule has 0 saturated heterocycles. The van der Waals surface area contributed by atoms with Crippen LogP contribution in [0.4, 0.5) is 0 Å². The van der Waals surface area contributed by atoms with E-state index in [-0.39, 0.29) is 0 Å². The minimum atomic E-state index is -3.46. The molecule has 58 valence electrons. The summed E-state index contributed by atoms with van der Waals surface area (Å²) in [4.78, 5) is 0. The van der Waals surface area contributed by atoms with Gasteiger partial charge in [-0.1, -0.05) is 12.2 Å². The molecule has 0 rings (SSSR count). The number of rotatable bonds is 3. The van der Waals surface area contributed by atoms with Crippen LogP contribution in [0.1, 0.15) is 13.8 Å². The maximum atomic E-state index is 10.6. The highest BCUT2D eigenvalue weighted by Crippen LogP contribution is 1.95. The molecule has 0 bridgehead atoms. The molecule has 0 spiro atoms. The van der Waals surface area contributed by atoms with Gasteiger partial charge in [-0.25, -0.2) is 0 Å². The number of allylic oxidation sites excluding steroid dienone is 2. The first-order valence-corrected chi connectivity index (χ1v) is 4.26. The monoisotopic (exact) mass is 162 g/mol. The zero-order valence-corrected chi connectivity index (χ0v) is 6.76. The van der Waals surface area contributed by atoms with Gasteiger partial charge in [-0.3, -0.25) is 0 Å². The van der Waals surface area contributed by atoms with Gasteiger partial charge in [0.25, 0.3) is 0 Å². The van der Waals surface area contributed by atoms with Crippen LogP contribution in [-0.4, -0.2) is 8.42 Å². The topological polar surface area (TPSA) is 43.4 Å². The summed E-state index contributed by atoms with van der Waals surface area (Å²) in [6, 6.07) is 0. The second-order valence-electron chi connectivity index (χ2n) is 1.53. The molecule has 0 aliphatic heterocycles. The third-order valence-electron chi connectivity index (χ3n) is 0.629. The SMILES string of the molecule is CC=COS(=O)(=O)C=CC. The minimum Gasteiger partial charge on any atom is -0.388 e. The summed E-state index contributed by atoms with van der Waals surface area (Å²) < 4.78 is 25.6. The van der Waals surface area contributed by atoms with Crippen LogP contribution in [-0.2, 0) is 14.3 Å². The summed E-state index contributed by atoms with van der Waals surface area (Å²) in [6.07, 6.45) is 4.02. The maximum Gasteiger partial charge on any atom is 0.331 e. The van der Waals surface area contributed by atoms with Gasteiger partial charge >= 0.3 is 10.1 Å². The Morgan fingerprint density at radius 1 is 1.20 bits per heavy atom. The van der Waals surface area contributed by atoms with Gasteiger partial charge in [0.1, 0.15) is 6.26 Å². The Morgan fingerprint density at radius 2 is 1.80 bits per heavy atom. The van der Waals surface area contributed by atoms with Crippen molar-refractivity contribution in [1.82, 2.24) is 0 Å². The van der Waals surface area contributed by atoms with Gasteiger partial charge in [0, 0.05) is 0 Å². The van der Waals surface area contributed by atoms with E-state index in [1.807, 2.05) is 0 Å². The van der Waals surface area contributed by atoms with E-state index in [9.17, 15) is 8.42 Å². The minimum absolute atomic E-state index is 0.993. The van der Waals surface area contributed by atoms with E-state index in [0.29, 0.717) is 0 Å². The Hall–Kier alpha value is -0.770. The van der Waals surface area contributed by atoms with Gasteiger partial charge in [0.05, 0.1) is 5.41 Å². The maximum absolute atomic E-state index is 10.6. The predicted octanol–water partition coefficient (Wildman–Crippen LogP) is 1.40. The molecule has 0 radical (unpaired) electrons. The van der Waals surface area contributed by atoms with Crippen LogP contribution in [0, 0.1) is 0 Å². The molecule has 0 aliphatic carbocycles. The second kappa shape index (κ2) is 4.11. The third kappa shape index (κ3) is 4.14. The van der Waals surface area contributed by atoms with Crippen molar-refractivity contribution in [2.45, 2.75) is 13.8 Å². The van der Waals surface area contributed by atoms with Gasteiger partial charge in [0.15, 0.2) is 0 Å². The fraction of sp³-hybridized carbons (Fsp3) is 0.333. The van der Waals surface area contributed by atoms with E-state index in [1.165, 1.54) is 12.2 Å². The zero-order valence-electron chi connectivity index (χ0n) is 5.94. The van der Waals surface area contributed by atoms with Gasteiger partial charge in [-0.15, -0.1) is 0 Å². The predicted molar refractivity (Wildman–Crippen MR) is 39.6 cm³/mol. The van der Waals surface area contributed by atoms with E-state index < -0.39 is 10.1 Å². The smallest absolute Gasteiger partial charge is 0.331 e. The molecule has 4 heteroatoms. The Labute approximate surface area is 61.1 Å². The molecule has 3 nitrogen and oxygen atoms in total. The molecule has 0 aliphatic rings. The van der Waals surface area contributed by atoms with Crippen LogP contribution in [0.25, 0.3) is 0 Å². The molecule has 10 heavy (non-hydrogen) atoms. The van der Waals surface area contributed by atoms with Crippen LogP contribution >= 0.6 is 0 Å². The van der Waals surface area contributed by atoms with E-state index in [2.05, 4.69) is 4.18 Å². The van der Waals surface area contributed by atoms with Crippen molar-refractivity contribution >= 4 is 10.1 Å². The summed E-state index contributed by atoms with van der Waals surface area (Å²) in [5.41, 5.74) is 0. The number of hydrogen-bond acceptors (Lipinski definition) is 3. The van der Waals surface area contributed by atoms with Crippen LogP contribution in [0.15, 0.2) is 23.8 Å². The van der Waals surface area contributed by atoms with Crippen LogP contribution in [0.2, 0.25) is 0 Å². The van der Waals surface area contributed by atoms with E-state index in [0.717, 1.165) is 11.7 Å². The second-order valence-corrected chi connectivity index (χ2v) is 2.98. The molecule has 0 N–H and O–H groups in total. The van der Waals surface area contributed by atoms with Gasteiger partial charge < -0.3 is 4.18 Å². The largest absolute Gasteiger partial charge is 0.388 e. The van der Waals surface area contributed by atoms with Crippen molar-refractivity contribution in [1.29, 1.82) is 0 Å². The van der Waals surface area contributed by atoms with Crippen molar-refractivity contribution in [2.75, 3.05) is 0 Å². The standard InChI is InChI=1S/C6H10O3S/c1-3-5-9-10(7,8)6-4-2/h3-6H,1-2H3. The Morgan fingerprint density at radius 3 is 2.20 bits per heavy atom. The van der Waals surface area contributed by atoms with Crippen molar-refractivity contribution in [3.05, 3.63) is 23.8 Å². The highest BCUT2D eigenvalue weighted by atomic mass is 32.2. The Balaban J connectivity index is 4.16. The lowest BCUT2D eigenvalue weighted by Crippen LogP contribution is -1.94. The quantitative estimate of drug-likeness (QED) is 0.465. The van der Waals surface area contributed by atoms with Crippen molar-refractivity contribution in [3.63, 3.8) is 0 Å². The van der Waals surface area contributed by atoms with Crippen LogP contribution < -0.4 is 0 Å². The Kier molecular flexibility index (Phi) is 3.79. The lowest BCUT2D eigenvalue weighted by Gasteiger charge is -1.93. The molecule has 0 aromatic rings. The molecule has 0 amide bonds. The summed E-state index contributed by atoms with van der Waals surface area (Å²) in [6.45, 7) is 3.28. The summed E-state index contributed by atoms with van der Waals surface area (Å²) in [7, 11) is -3.46. The molecule has 0 saturated carbocycles. The fourth-order valence-corrected chi connectivity index (χ4v) is 0.995. The highest BCUT2D eigenvalue weighted by Gasteiger charge is 1.99. The average molecular weight is 162 g/mol. The molecule has 0 aromatic heterocycles. The number of hydrogen-bond donors (Lipinski definition) is 0. The molecule has 0 fully saturated rings. The van der Waals surface area contributed by atoms with Gasteiger partial charge in [-0.2, -0.15) is 8.42 Å². The summed E-state index contributed by atoms with van der Waals surface area (Å²) >= 11 is 0. The van der Waals surface area contributed by atoms with Crippen molar-refractivity contribution < 1.29 is 12.6 Å². The molecule has 0 aromatic carbocycles. The van der Waals surface area contributed by atoms with E-state index >= 15 is 0 Å². The summed E-state index contributed by atoms with van der Waals surface area (Å²) in [5, 5.41) is 0.993.